The molecular weight excluding hydrogens is 340 g/mol. The van der Waals surface area contributed by atoms with E-state index in [0.29, 0.717) is 11.4 Å². The molecular formula is C19H13ClN2OS. The Kier molecular flexibility index (Phi) is 3.92. The molecule has 0 saturated heterocycles. The van der Waals surface area contributed by atoms with Crippen LogP contribution >= 0.6 is 22.9 Å². The van der Waals surface area contributed by atoms with Gasteiger partial charge >= 0.3 is 0 Å². The van der Waals surface area contributed by atoms with Crippen molar-refractivity contribution in [2.24, 2.45) is 0 Å². The SMILES string of the molecule is O=C(Cc1cccc2ccccc12)Nc1ccc(Cl)c2ncsc12. The van der Waals surface area contributed by atoms with Gasteiger partial charge in [-0.2, -0.15) is 0 Å². The first kappa shape index (κ1) is 15.1. The summed E-state index contributed by atoms with van der Waals surface area (Å²) in [5.41, 5.74) is 4.23. The van der Waals surface area contributed by atoms with Gasteiger partial charge < -0.3 is 5.32 Å². The van der Waals surface area contributed by atoms with Gasteiger partial charge in [-0.3, -0.25) is 4.79 Å². The molecule has 5 heteroatoms. The van der Waals surface area contributed by atoms with Crippen LogP contribution < -0.4 is 5.32 Å². The summed E-state index contributed by atoms with van der Waals surface area (Å²) in [6, 6.07) is 17.7. The minimum atomic E-state index is -0.0524. The Balaban J connectivity index is 1.62. The van der Waals surface area contributed by atoms with Crippen LogP contribution in [0.15, 0.2) is 60.1 Å². The van der Waals surface area contributed by atoms with Crippen molar-refractivity contribution in [1.82, 2.24) is 4.98 Å². The van der Waals surface area contributed by atoms with E-state index in [2.05, 4.69) is 22.4 Å². The molecule has 4 aromatic rings. The Morgan fingerprint density at radius 3 is 2.83 bits per heavy atom. The lowest BCUT2D eigenvalue weighted by Crippen LogP contribution is -2.14. The maximum Gasteiger partial charge on any atom is 0.228 e. The zero-order valence-electron chi connectivity index (χ0n) is 12.6. The van der Waals surface area contributed by atoms with Gasteiger partial charge in [0.25, 0.3) is 0 Å². The first-order valence-corrected chi connectivity index (χ1v) is 8.76. The summed E-state index contributed by atoms with van der Waals surface area (Å²) in [6.07, 6.45) is 0.324. The molecule has 0 aliphatic carbocycles. The van der Waals surface area contributed by atoms with Crippen molar-refractivity contribution in [3.05, 3.63) is 70.7 Å². The number of anilines is 1. The topological polar surface area (TPSA) is 42.0 Å². The number of halogens is 1. The molecule has 0 saturated carbocycles. The molecule has 0 aliphatic heterocycles. The van der Waals surface area contributed by atoms with Gasteiger partial charge in [-0.15, -0.1) is 11.3 Å². The minimum Gasteiger partial charge on any atom is -0.324 e. The summed E-state index contributed by atoms with van der Waals surface area (Å²) in [4.78, 5) is 16.8. The second-order valence-corrected chi connectivity index (χ2v) is 6.75. The van der Waals surface area contributed by atoms with E-state index in [1.54, 1.807) is 11.6 Å². The lowest BCUT2D eigenvalue weighted by molar-refractivity contribution is -0.115. The van der Waals surface area contributed by atoms with Crippen LogP contribution in [0.1, 0.15) is 5.56 Å². The molecule has 0 fully saturated rings. The molecule has 1 aromatic heterocycles. The van der Waals surface area contributed by atoms with Crippen LogP contribution in [0.2, 0.25) is 5.02 Å². The summed E-state index contributed by atoms with van der Waals surface area (Å²) < 4.78 is 0.897. The number of rotatable bonds is 3. The van der Waals surface area contributed by atoms with Crippen molar-refractivity contribution >= 4 is 55.5 Å². The molecule has 0 radical (unpaired) electrons. The smallest absolute Gasteiger partial charge is 0.228 e. The van der Waals surface area contributed by atoms with E-state index < -0.39 is 0 Å². The van der Waals surface area contributed by atoms with Gasteiger partial charge in [-0.05, 0) is 28.5 Å². The number of carbonyl (C=O) groups is 1. The summed E-state index contributed by atoms with van der Waals surface area (Å²) in [5, 5.41) is 5.82. The lowest BCUT2D eigenvalue weighted by atomic mass is 10.0. The number of nitrogens with one attached hydrogen (secondary N) is 1. The zero-order valence-corrected chi connectivity index (χ0v) is 14.2. The predicted molar refractivity (Wildman–Crippen MR) is 101 cm³/mol. The van der Waals surface area contributed by atoms with Crippen LogP contribution in [-0.4, -0.2) is 10.9 Å². The number of carbonyl (C=O) groups excluding carboxylic acids is 1. The molecule has 24 heavy (non-hydrogen) atoms. The molecule has 1 heterocycles. The Labute approximate surface area is 147 Å². The third-order valence-electron chi connectivity index (χ3n) is 3.94. The summed E-state index contributed by atoms with van der Waals surface area (Å²) in [6.45, 7) is 0. The predicted octanol–water partition coefficient (Wildman–Crippen LogP) is 5.28. The molecule has 1 amide bonds. The number of nitrogens with zero attached hydrogens (tertiary/aromatic N) is 1. The van der Waals surface area contributed by atoms with E-state index in [9.17, 15) is 4.79 Å². The van der Waals surface area contributed by atoms with Gasteiger partial charge in [0.1, 0.15) is 5.52 Å². The van der Waals surface area contributed by atoms with Crippen LogP contribution in [0, 0.1) is 0 Å². The van der Waals surface area contributed by atoms with E-state index in [0.717, 1.165) is 32.2 Å². The average molecular weight is 353 g/mol. The van der Waals surface area contributed by atoms with Crippen molar-refractivity contribution < 1.29 is 4.79 Å². The van der Waals surface area contributed by atoms with Gasteiger partial charge in [0.15, 0.2) is 0 Å². The van der Waals surface area contributed by atoms with E-state index in [1.807, 2.05) is 36.4 Å². The summed E-state index contributed by atoms with van der Waals surface area (Å²) >= 11 is 7.60. The number of aromatic nitrogens is 1. The third kappa shape index (κ3) is 2.75. The fraction of sp³-hybridized carbons (Fsp3) is 0.0526. The first-order chi connectivity index (χ1) is 11.7. The fourth-order valence-electron chi connectivity index (χ4n) is 2.83. The number of hydrogen-bond acceptors (Lipinski definition) is 3. The molecule has 0 aliphatic rings. The lowest BCUT2D eigenvalue weighted by Gasteiger charge is -2.09. The average Bonchev–Trinajstić information content (AvgIpc) is 3.09. The Morgan fingerprint density at radius 2 is 1.92 bits per heavy atom. The third-order valence-corrected chi connectivity index (χ3v) is 5.10. The number of amides is 1. The van der Waals surface area contributed by atoms with Gasteiger partial charge in [-0.1, -0.05) is 54.1 Å². The monoisotopic (exact) mass is 352 g/mol. The normalized spacial score (nSPS) is 11.0. The Hall–Kier alpha value is -2.43. The van der Waals surface area contributed by atoms with Crippen molar-refractivity contribution in [2.75, 3.05) is 5.32 Å². The molecule has 3 nitrogen and oxygen atoms in total. The molecule has 0 unspecified atom stereocenters. The summed E-state index contributed by atoms with van der Waals surface area (Å²) in [5.74, 6) is -0.0524. The van der Waals surface area contributed by atoms with Gasteiger partial charge in [0.05, 0.1) is 27.3 Å². The van der Waals surface area contributed by atoms with Crippen LogP contribution in [0.25, 0.3) is 21.0 Å². The van der Waals surface area contributed by atoms with Crippen LogP contribution in [-0.2, 0) is 11.2 Å². The Bertz CT molecular complexity index is 1050. The molecule has 0 spiro atoms. The quantitative estimate of drug-likeness (QED) is 0.544. The molecule has 118 valence electrons. The van der Waals surface area contributed by atoms with Gasteiger partial charge in [-0.25, -0.2) is 4.98 Å². The highest BCUT2D eigenvalue weighted by atomic mass is 35.5. The van der Waals surface area contributed by atoms with E-state index >= 15 is 0 Å². The van der Waals surface area contributed by atoms with E-state index in [1.165, 1.54) is 11.3 Å². The molecule has 4 rings (SSSR count). The molecule has 0 atom stereocenters. The molecule has 1 N–H and O–H groups in total. The van der Waals surface area contributed by atoms with Crippen molar-refractivity contribution in [1.29, 1.82) is 0 Å². The van der Waals surface area contributed by atoms with Crippen molar-refractivity contribution in [3.8, 4) is 0 Å². The van der Waals surface area contributed by atoms with Crippen molar-refractivity contribution in [3.63, 3.8) is 0 Å². The van der Waals surface area contributed by atoms with E-state index in [4.69, 9.17) is 11.6 Å². The number of hydrogen-bond donors (Lipinski definition) is 1. The highest BCUT2D eigenvalue weighted by Gasteiger charge is 2.12. The van der Waals surface area contributed by atoms with Crippen LogP contribution in [0.3, 0.4) is 0 Å². The fourth-order valence-corrected chi connectivity index (χ4v) is 3.88. The molecule has 3 aromatic carbocycles. The second-order valence-electron chi connectivity index (χ2n) is 5.49. The van der Waals surface area contributed by atoms with Crippen LogP contribution in [0.5, 0.6) is 0 Å². The first-order valence-electron chi connectivity index (χ1n) is 7.50. The zero-order chi connectivity index (χ0) is 16.5. The van der Waals surface area contributed by atoms with Crippen molar-refractivity contribution in [2.45, 2.75) is 6.42 Å². The maximum atomic E-state index is 12.5. The van der Waals surface area contributed by atoms with Gasteiger partial charge in [0.2, 0.25) is 5.91 Å². The summed E-state index contributed by atoms with van der Waals surface area (Å²) in [7, 11) is 0. The Morgan fingerprint density at radius 1 is 1.08 bits per heavy atom. The number of fused-ring (bicyclic) bond motifs is 2. The largest absolute Gasteiger partial charge is 0.324 e. The second kappa shape index (κ2) is 6.23. The van der Waals surface area contributed by atoms with E-state index in [-0.39, 0.29) is 5.91 Å². The maximum absolute atomic E-state index is 12.5. The van der Waals surface area contributed by atoms with Gasteiger partial charge in [0, 0.05) is 0 Å². The highest BCUT2D eigenvalue weighted by molar-refractivity contribution is 7.17. The standard InChI is InChI=1S/C19H13ClN2OS/c20-15-8-9-16(19-18(15)21-11-24-19)22-17(23)10-13-6-3-5-12-4-1-2-7-14(12)13/h1-9,11H,10H2,(H,22,23). The highest BCUT2D eigenvalue weighted by Crippen LogP contribution is 2.32. The van der Waals surface area contributed by atoms with Crippen LogP contribution in [0.4, 0.5) is 5.69 Å². The number of thiazole rings is 1. The molecule has 0 bridgehead atoms. The number of benzene rings is 3. The minimum absolute atomic E-state index is 0.0524.